The van der Waals surface area contributed by atoms with Crippen LogP contribution in [0.15, 0.2) is 36.7 Å². The topological polar surface area (TPSA) is 164 Å². The summed E-state index contributed by atoms with van der Waals surface area (Å²) in [5.41, 5.74) is 1.47. The van der Waals surface area contributed by atoms with E-state index in [0.29, 0.717) is 17.8 Å². The second-order valence-corrected chi connectivity index (χ2v) is 10.8. The number of fused-ring (bicyclic) bond motifs is 1. The summed E-state index contributed by atoms with van der Waals surface area (Å²) in [6.45, 7) is 5.36. The summed E-state index contributed by atoms with van der Waals surface area (Å²) in [6, 6.07) is 6.98. The number of nitrogens with zero attached hydrogens (tertiary/aromatic N) is 4. The van der Waals surface area contributed by atoms with Gasteiger partial charge in [0.25, 0.3) is 0 Å². The van der Waals surface area contributed by atoms with E-state index >= 15 is 0 Å². The largest absolute Gasteiger partial charge is 0.490 e. The van der Waals surface area contributed by atoms with E-state index in [2.05, 4.69) is 30.9 Å². The fraction of sp³-hybridized carbons (Fsp3) is 0.552. The summed E-state index contributed by atoms with van der Waals surface area (Å²) < 4.78 is 45.9. The molecule has 44 heavy (non-hydrogen) atoms. The molecule has 5 N–H and O–H groups in total. The lowest BCUT2D eigenvalue weighted by molar-refractivity contribution is -0.209. The van der Waals surface area contributed by atoms with E-state index in [9.17, 15) is 33.0 Å². The third-order valence-electron chi connectivity index (χ3n) is 7.75. The quantitative estimate of drug-likeness (QED) is 0.179. The van der Waals surface area contributed by atoms with Gasteiger partial charge in [-0.2, -0.15) is 23.1 Å². The van der Waals surface area contributed by atoms with E-state index in [1.165, 1.54) is 10.9 Å². The molecule has 15 heteroatoms. The summed E-state index contributed by atoms with van der Waals surface area (Å²) in [7, 11) is 0. The lowest BCUT2D eigenvalue weighted by atomic mass is 10.1. The Kier molecular flexibility index (Phi) is 10.6. The van der Waals surface area contributed by atoms with E-state index in [1.54, 1.807) is 6.92 Å². The average Bonchev–Trinajstić information content (AvgIpc) is 3.56. The van der Waals surface area contributed by atoms with Crippen LogP contribution in [0.4, 0.5) is 24.9 Å². The van der Waals surface area contributed by atoms with Crippen molar-refractivity contribution in [1.82, 2.24) is 24.8 Å². The highest BCUT2D eigenvalue weighted by Gasteiger charge is 2.51. The molecule has 0 bridgehead atoms. The molecule has 1 aliphatic rings. The number of anilines is 2. The third-order valence-corrected chi connectivity index (χ3v) is 7.75. The first-order chi connectivity index (χ1) is 21.0. The number of carbonyl (C=O) groups is 2. The van der Waals surface area contributed by atoms with Crippen LogP contribution in [0, 0.1) is 0 Å². The fourth-order valence-corrected chi connectivity index (χ4v) is 5.31. The van der Waals surface area contributed by atoms with Crippen molar-refractivity contribution in [2.24, 2.45) is 0 Å². The normalized spacial score (nSPS) is 20.9. The molecule has 12 nitrogen and oxygen atoms in total. The van der Waals surface area contributed by atoms with E-state index in [1.807, 2.05) is 44.2 Å². The number of alkyl halides is 3. The molecule has 0 unspecified atom stereocenters. The summed E-state index contributed by atoms with van der Waals surface area (Å²) in [6.07, 6.45) is -5.26. The molecular formula is C29H38F3N7O5. The molecular weight excluding hydrogens is 583 g/mol. The first-order valence-electron chi connectivity index (χ1n) is 14.7. The van der Waals surface area contributed by atoms with Crippen molar-refractivity contribution in [2.45, 2.75) is 95.4 Å². The highest BCUT2D eigenvalue weighted by molar-refractivity contribution is 5.85. The number of rotatable bonds is 13. The first-order valence-corrected chi connectivity index (χ1v) is 14.7. The molecule has 0 radical (unpaired) electrons. The number of halogens is 3. The highest BCUT2D eigenvalue weighted by atomic mass is 19.4. The number of hydrogen-bond donors (Lipinski definition) is 5. The Balaban J connectivity index is 1.76. The molecule has 1 saturated carbocycles. The molecule has 1 aliphatic carbocycles. The summed E-state index contributed by atoms with van der Waals surface area (Å²) in [5.74, 6) is -2.40. The van der Waals surface area contributed by atoms with Crippen LogP contribution < -0.4 is 16.0 Å². The molecule has 4 rings (SSSR count). The van der Waals surface area contributed by atoms with E-state index in [-0.39, 0.29) is 37.1 Å². The van der Waals surface area contributed by atoms with Gasteiger partial charge in [0.2, 0.25) is 11.9 Å². The second-order valence-electron chi connectivity index (χ2n) is 10.8. The van der Waals surface area contributed by atoms with E-state index < -0.39 is 48.4 Å². The van der Waals surface area contributed by atoms with Gasteiger partial charge in [0.15, 0.2) is 23.1 Å². The van der Waals surface area contributed by atoms with Gasteiger partial charge < -0.3 is 35.5 Å². The van der Waals surface area contributed by atoms with Crippen molar-refractivity contribution in [3.8, 4) is 0 Å². The fourth-order valence-electron chi connectivity index (χ4n) is 5.31. The lowest BCUT2D eigenvalue weighted by Gasteiger charge is -2.25. The lowest BCUT2D eigenvalue weighted by Crippen LogP contribution is -2.45. The summed E-state index contributed by atoms with van der Waals surface area (Å²) in [4.78, 5) is 37.7. The van der Waals surface area contributed by atoms with Gasteiger partial charge in [-0.05, 0) is 31.2 Å². The third kappa shape index (κ3) is 7.56. The van der Waals surface area contributed by atoms with Crippen LogP contribution in [0.3, 0.4) is 0 Å². The van der Waals surface area contributed by atoms with Crippen molar-refractivity contribution < 1.29 is 37.7 Å². The Hall–Kier alpha value is -3.98. The number of benzene rings is 1. The molecule has 1 amide bonds. The minimum atomic E-state index is -5.30. The predicted octanol–water partition coefficient (Wildman–Crippen LogP) is 3.12. The molecule has 2 aromatic heterocycles. The predicted molar refractivity (Wildman–Crippen MR) is 156 cm³/mol. The van der Waals surface area contributed by atoms with Gasteiger partial charge in [0.1, 0.15) is 6.10 Å². The van der Waals surface area contributed by atoms with Crippen LogP contribution in [0.5, 0.6) is 0 Å². The Bertz CT molecular complexity index is 1420. The molecule has 1 fully saturated rings. The van der Waals surface area contributed by atoms with Crippen molar-refractivity contribution >= 4 is 34.8 Å². The molecule has 1 aromatic carbocycles. The Morgan fingerprint density at radius 3 is 2.41 bits per heavy atom. The molecule has 2 heterocycles. The highest BCUT2D eigenvalue weighted by Crippen LogP contribution is 2.37. The number of imidazole rings is 1. The first kappa shape index (κ1) is 32.9. The van der Waals surface area contributed by atoms with Crippen molar-refractivity contribution in [1.29, 1.82) is 0 Å². The molecule has 240 valence electrons. The van der Waals surface area contributed by atoms with Crippen LogP contribution in [-0.2, 0) is 20.7 Å². The molecule has 5 atom stereocenters. The number of carbonyl (C=O) groups excluding carboxylic acids is 2. The standard InChI is InChI=1S/C29H38F3N7O5/c1-4-17(5-2)34-25-22-26(38-28(37-25)35-18(14-40)12-16-10-8-7-9-11-16)39(15-33-22)20-13-19(36-21(41)6-3)23(42)24(20)44-27(43)29(30,31)32/h7-11,15,17-20,23-24,40,42H,4-6,12-14H2,1-3H3,(H,36,41)(H2,34,35,37,38)/t18-,19-,20+,23+,24-/m0/s1. The Morgan fingerprint density at radius 1 is 1.09 bits per heavy atom. The summed E-state index contributed by atoms with van der Waals surface area (Å²) in [5, 5.41) is 30.2. The van der Waals surface area contributed by atoms with Gasteiger partial charge in [-0.1, -0.05) is 51.1 Å². The van der Waals surface area contributed by atoms with Gasteiger partial charge in [-0.3, -0.25) is 4.79 Å². The minimum absolute atomic E-state index is 0.0199. The number of ether oxygens (including phenoxy) is 1. The number of aliphatic hydroxyl groups excluding tert-OH is 2. The average molecular weight is 622 g/mol. The van der Waals surface area contributed by atoms with Crippen LogP contribution in [0.25, 0.3) is 11.2 Å². The zero-order chi connectivity index (χ0) is 32.0. The second kappa shape index (κ2) is 14.2. The van der Waals surface area contributed by atoms with Crippen LogP contribution >= 0.6 is 0 Å². The van der Waals surface area contributed by atoms with Crippen molar-refractivity contribution in [2.75, 3.05) is 17.2 Å². The van der Waals surface area contributed by atoms with Gasteiger partial charge in [-0.25, -0.2) is 9.78 Å². The van der Waals surface area contributed by atoms with Crippen LogP contribution in [-0.4, -0.2) is 84.7 Å². The zero-order valence-corrected chi connectivity index (χ0v) is 24.7. The number of esters is 1. The molecule has 0 saturated heterocycles. The van der Waals surface area contributed by atoms with Gasteiger partial charge in [-0.15, -0.1) is 0 Å². The SMILES string of the molecule is CCC(=O)N[C@H]1C[C@@H](n2cnc3c(NC(CC)CC)nc(N[C@H](CO)Cc4ccccc4)nc32)[C@H](OC(=O)C(F)(F)F)[C@@H]1O. The van der Waals surface area contributed by atoms with Gasteiger partial charge >= 0.3 is 12.1 Å². The van der Waals surface area contributed by atoms with E-state index in [0.717, 1.165) is 18.4 Å². The monoisotopic (exact) mass is 621 g/mol. The zero-order valence-electron chi connectivity index (χ0n) is 24.7. The van der Waals surface area contributed by atoms with Crippen molar-refractivity contribution in [3.63, 3.8) is 0 Å². The van der Waals surface area contributed by atoms with Crippen molar-refractivity contribution in [3.05, 3.63) is 42.2 Å². The molecule has 0 spiro atoms. The maximum absolute atomic E-state index is 13.2. The minimum Gasteiger partial charge on any atom is -0.451 e. The van der Waals surface area contributed by atoms with Crippen LogP contribution in [0.2, 0.25) is 0 Å². The number of aliphatic hydroxyl groups is 2. The number of amides is 1. The maximum atomic E-state index is 13.2. The van der Waals surface area contributed by atoms with E-state index in [4.69, 9.17) is 4.74 Å². The van der Waals surface area contributed by atoms with Crippen LogP contribution in [0.1, 0.15) is 58.1 Å². The molecule has 3 aromatic rings. The Labute approximate surface area is 252 Å². The Morgan fingerprint density at radius 2 is 1.80 bits per heavy atom. The number of aromatic nitrogens is 4. The molecule has 0 aliphatic heterocycles. The summed E-state index contributed by atoms with van der Waals surface area (Å²) >= 11 is 0. The van der Waals surface area contributed by atoms with Gasteiger partial charge in [0, 0.05) is 12.5 Å². The maximum Gasteiger partial charge on any atom is 0.490 e. The number of nitrogens with one attached hydrogen (secondary N) is 3. The smallest absolute Gasteiger partial charge is 0.451 e. The number of hydrogen-bond acceptors (Lipinski definition) is 10. The van der Waals surface area contributed by atoms with Gasteiger partial charge in [0.05, 0.1) is 31.1 Å².